The Hall–Kier alpha value is -2.61. The molecule has 1 amide bonds. The number of aryl methyl sites for hydroxylation is 1. The van der Waals surface area contributed by atoms with Gasteiger partial charge in [0.15, 0.2) is 0 Å². The standard InChI is InChI=1S/C27H27ClFN3O2S/c1-15-6-4-7-17(14-15)25-23(32-27(35-25)16-11-12-16)24(33)22(20-10-2-3-13-30-20)31-26(34)18-8-5-9-19(29)21(18)28/h4-9,14,16,20,22,30H,2-3,10-13H2,1H3,(H,31,34). The SMILES string of the molecule is Cc1cccc(-c2sc(C3CC3)nc2C(=O)C(NC(=O)c2cccc(F)c2Cl)C2CCCCN2)c1. The molecule has 0 bridgehead atoms. The van der Waals surface area contributed by atoms with Crippen molar-refractivity contribution >= 4 is 34.6 Å². The van der Waals surface area contributed by atoms with Gasteiger partial charge in [0.05, 0.1) is 20.5 Å². The number of hydrogen-bond donors (Lipinski definition) is 2. The first-order chi connectivity index (χ1) is 16.9. The lowest BCUT2D eigenvalue weighted by Crippen LogP contribution is -2.55. The van der Waals surface area contributed by atoms with Gasteiger partial charge in [0.2, 0.25) is 5.78 Å². The number of Topliss-reactive ketones (excluding diaryl/α,β-unsaturated/α-hetero) is 1. The lowest BCUT2D eigenvalue weighted by molar-refractivity contribution is 0.0823. The molecule has 182 valence electrons. The Morgan fingerprint density at radius 2 is 1.97 bits per heavy atom. The quantitative estimate of drug-likeness (QED) is 0.387. The number of nitrogens with one attached hydrogen (secondary N) is 2. The zero-order valence-electron chi connectivity index (χ0n) is 19.4. The number of benzene rings is 2. The van der Waals surface area contributed by atoms with Crippen LogP contribution < -0.4 is 10.6 Å². The maximum Gasteiger partial charge on any atom is 0.253 e. The van der Waals surface area contributed by atoms with Crippen molar-refractivity contribution in [2.75, 3.05) is 6.54 Å². The first-order valence-electron chi connectivity index (χ1n) is 12.0. The van der Waals surface area contributed by atoms with E-state index in [1.807, 2.05) is 25.1 Å². The number of aromatic nitrogens is 1. The van der Waals surface area contributed by atoms with Gasteiger partial charge in [-0.15, -0.1) is 11.3 Å². The predicted molar refractivity (Wildman–Crippen MR) is 137 cm³/mol. The van der Waals surface area contributed by atoms with Crippen LogP contribution in [0.1, 0.15) is 69.4 Å². The molecule has 3 aromatic rings. The Balaban J connectivity index is 1.52. The largest absolute Gasteiger partial charge is 0.340 e. The molecule has 1 saturated heterocycles. The molecule has 1 aliphatic carbocycles. The van der Waals surface area contributed by atoms with Crippen LogP contribution in [0.15, 0.2) is 42.5 Å². The Morgan fingerprint density at radius 3 is 2.69 bits per heavy atom. The summed E-state index contributed by atoms with van der Waals surface area (Å²) in [5, 5.41) is 6.99. The normalized spacial score (nSPS) is 18.8. The number of piperidine rings is 1. The van der Waals surface area contributed by atoms with Crippen LogP contribution in [-0.2, 0) is 0 Å². The smallest absolute Gasteiger partial charge is 0.253 e. The molecule has 2 atom stereocenters. The van der Waals surface area contributed by atoms with Gasteiger partial charge in [0, 0.05) is 12.0 Å². The minimum Gasteiger partial charge on any atom is -0.340 e. The lowest BCUT2D eigenvalue weighted by atomic mass is 9.92. The van der Waals surface area contributed by atoms with Crippen LogP contribution in [0.3, 0.4) is 0 Å². The van der Waals surface area contributed by atoms with E-state index in [0.717, 1.165) is 59.7 Å². The van der Waals surface area contributed by atoms with E-state index in [0.29, 0.717) is 11.6 Å². The number of amides is 1. The number of thiazole rings is 1. The van der Waals surface area contributed by atoms with Crippen LogP contribution in [0.2, 0.25) is 5.02 Å². The number of nitrogens with zero attached hydrogens (tertiary/aromatic N) is 1. The van der Waals surface area contributed by atoms with Crippen molar-refractivity contribution in [3.63, 3.8) is 0 Å². The van der Waals surface area contributed by atoms with Crippen molar-refractivity contribution in [3.8, 4) is 10.4 Å². The van der Waals surface area contributed by atoms with Crippen LogP contribution in [-0.4, -0.2) is 35.3 Å². The highest BCUT2D eigenvalue weighted by atomic mass is 35.5. The molecule has 1 aromatic heterocycles. The second-order valence-electron chi connectivity index (χ2n) is 9.35. The maximum absolute atomic E-state index is 14.1. The summed E-state index contributed by atoms with van der Waals surface area (Å²) in [5.74, 6) is -1.08. The van der Waals surface area contributed by atoms with Crippen LogP contribution in [0.5, 0.6) is 0 Å². The summed E-state index contributed by atoms with van der Waals surface area (Å²) >= 11 is 7.64. The zero-order valence-corrected chi connectivity index (χ0v) is 21.0. The summed E-state index contributed by atoms with van der Waals surface area (Å²) < 4.78 is 14.0. The minimum atomic E-state index is -0.847. The topological polar surface area (TPSA) is 71.1 Å². The van der Waals surface area contributed by atoms with Gasteiger partial charge in [-0.3, -0.25) is 9.59 Å². The van der Waals surface area contributed by atoms with Gasteiger partial charge in [-0.2, -0.15) is 0 Å². The van der Waals surface area contributed by atoms with Crippen molar-refractivity contribution in [2.24, 2.45) is 0 Å². The number of ketones is 1. The summed E-state index contributed by atoms with van der Waals surface area (Å²) in [6.07, 6.45) is 4.87. The van der Waals surface area contributed by atoms with Gasteiger partial charge in [-0.1, -0.05) is 53.9 Å². The van der Waals surface area contributed by atoms with Crippen LogP contribution >= 0.6 is 22.9 Å². The van der Waals surface area contributed by atoms with Crippen molar-refractivity contribution in [3.05, 3.63) is 75.1 Å². The number of carbonyl (C=O) groups excluding carboxylic acids is 2. The molecule has 35 heavy (non-hydrogen) atoms. The van der Waals surface area contributed by atoms with Crippen molar-refractivity contribution in [1.29, 1.82) is 0 Å². The van der Waals surface area contributed by atoms with E-state index in [4.69, 9.17) is 16.6 Å². The number of hydrogen-bond acceptors (Lipinski definition) is 5. The van der Waals surface area contributed by atoms with Gasteiger partial charge in [-0.05, 0) is 56.8 Å². The summed E-state index contributed by atoms with van der Waals surface area (Å²) in [7, 11) is 0. The third-order valence-electron chi connectivity index (χ3n) is 6.60. The van der Waals surface area contributed by atoms with Gasteiger partial charge in [0.1, 0.15) is 17.6 Å². The fourth-order valence-corrected chi connectivity index (χ4v) is 6.00. The molecule has 2 aliphatic rings. The minimum absolute atomic E-state index is 0.0103. The highest BCUT2D eigenvalue weighted by molar-refractivity contribution is 7.15. The van der Waals surface area contributed by atoms with E-state index < -0.39 is 17.8 Å². The molecule has 0 spiro atoms. The molecule has 2 fully saturated rings. The monoisotopic (exact) mass is 511 g/mol. The zero-order chi connectivity index (χ0) is 24.5. The highest BCUT2D eigenvalue weighted by Gasteiger charge is 2.37. The Labute approximate surface area is 213 Å². The Kier molecular flexibility index (Phi) is 7.00. The van der Waals surface area contributed by atoms with Gasteiger partial charge in [-0.25, -0.2) is 9.37 Å². The van der Waals surface area contributed by atoms with Crippen LogP contribution in [0, 0.1) is 12.7 Å². The first kappa shape index (κ1) is 24.1. The van der Waals surface area contributed by atoms with E-state index in [-0.39, 0.29) is 22.4 Å². The van der Waals surface area contributed by atoms with E-state index in [2.05, 4.69) is 16.7 Å². The molecule has 2 N–H and O–H groups in total. The Morgan fingerprint density at radius 1 is 1.17 bits per heavy atom. The molecule has 0 radical (unpaired) electrons. The summed E-state index contributed by atoms with van der Waals surface area (Å²) in [4.78, 5) is 32.9. The molecule has 1 saturated carbocycles. The molecule has 8 heteroatoms. The molecular formula is C27H27ClFN3O2S. The predicted octanol–water partition coefficient (Wildman–Crippen LogP) is 5.91. The molecule has 5 rings (SSSR count). The second-order valence-corrected chi connectivity index (χ2v) is 10.8. The van der Waals surface area contributed by atoms with E-state index >= 15 is 0 Å². The van der Waals surface area contributed by atoms with Crippen LogP contribution in [0.25, 0.3) is 10.4 Å². The molecule has 1 aliphatic heterocycles. The molecular weight excluding hydrogens is 485 g/mol. The Bertz CT molecular complexity index is 1270. The number of rotatable bonds is 7. The van der Waals surface area contributed by atoms with E-state index in [1.165, 1.54) is 18.2 Å². The van der Waals surface area contributed by atoms with Crippen LogP contribution in [0.4, 0.5) is 4.39 Å². The van der Waals surface area contributed by atoms with Gasteiger partial charge < -0.3 is 10.6 Å². The summed E-state index contributed by atoms with van der Waals surface area (Å²) in [6, 6.07) is 11.0. The second kappa shape index (κ2) is 10.2. The van der Waals surface area contributed by atoms with Crippen molar-refractivity contribution in [2.45, 2.75) is 57.0 Å². The molecule has 2 heterocycles. The van der Waals surface area contributed by atoms with Crippen molar-refractivity contribution in [1.82, 2.24) is 15.6 Å². The average molecular weight is 512 g/mol. The fourth-order valence-electron chi connectivity index (χ4n) is 4.55. The maximum atomic E-state index is 14.1. The van der Waals surface area contributed by atoms with Crippen molar-refractivity contribution < 1.29 is 14.0 Å². The third kappa shape index (κ3) is 5.17. The average Bonchev–Trinajstić information content (AvgIpc) is 3.62. The number of halogens is 2. The van der Waals surface area contributed by atoms with Gasteiger partial charge >= 0.3 is 0 Å². The molecule has 2 unspecified atom stereocenters. The highest BCUT2D eigenvalue weighted by Crippen LogP contribution is 2.45. The molecule has 5 nitrogen and oxygen atoms in total. The van der Waals surface area contributed by atoms with E-state index in [9.17, 15) is 14.0 Å². The summed E-state index contributed by atoms with van der Waals surface area (Å²) in [6.45, 7) is 2.78. The van der Waals surface area contributed by atoms with E-state index in [1.54, 1.807) is 11.3 Å². The third-order valence-corrected chi connectivity index (χ3v) is 8.25. The van der Waals surface area contributed by atoms with Gasteiger partial charge in [0.25, 0.3) is 5.91 Å². The first-order valence-corrected chi connectivity index (χ1v) is 13.2. The molecule has 2 aromatic carbocycles. The number of carbonyl (C=O) groups is 2. The fraction of sp³-hybridized carbons (Fsp3) is 0.370. The summed E-state index contributed by atoms with van der Waals surface area (Å²) in [5.41, 5.74) is 2.45. The lowest BCUT2D eigenvalue weighted by Gasteiger charge is -2.31.